The van der Waals surface area contributed by atoms with Crippen LogP contribution in [0.1, 0.15) is 27.7 Å². The maximum Gasteiger partial charge on any atom is 1.00 e. The van der Waals surface area contributed by atoms with E-state index in [2.05, 4.69) is 20.8 Å². The van der Waals surface area contributed by atoms with Gasteiger partial charge in [-0.2, -0.15) is 0 Å². The summed E-state index contributed by atoms with van der Waals surface area (Å²) in [6, 6.07) is 3.47. The fourth-order valence-corrected chi connectivity index (χ4v) is 4.02. The van der Waals surface area contributed by atoms with E-state index < -0.39 is 8.32 Å². The van der Waals surface area contributed by atoms with Crippen LogP contribution in [0.25, 0.3) is 0 Å². The zero-order valence-electron chi connectivity index (χ0n) is 10.3. The molecule has 0 atom stereocenters. The molecule has 0 bridgehead atoms. The minimum absolute atomic E-state index is 0. The van der Waals surface area contributed by atoms with Crippen molar-refractivity contribution in [1.82, 2.24) is 0 Å². The molecule has 0 heterocycles. The van der Waals surface area contributed by atoms with E-state index in [0.29, 0.717) is 0 Å². The third kappa shape index (κ3) is 4.55. The van der Waals surface area contributed by atoms with Crippen LogP contribution >= 0.6 is 0 Å². The molecule has 0 rings (SSSR count). The molecule has 0 spiro atoms. The van der Waals surface area contributed by atoms with Crippen molar-refractivity contribution in [3.63, 3.8) is 0 Å². The molecule has 76 valence electrons. The Morgan fingerprint density at radius 1 is 1.21 bits per heavy atom. The van der Waals surface area contributed by atoms with Gasteiger partial charge in [0.25, 0.3) is 0 Å². The van der Waals surface area contributed by atoms with Gasteiger partial charge in [-0.15, -0.1) is 6.08 Å². The van der Waals surface area contributed by atoms with E-state index >= 15 is 0 Å². The predicted octanol–water partition coefficient (Wildman–Crippen LogP) is 0.905. The van der Waals surface area contributed by atoms with Gasteiger partial charge in [0, 0.05) is 0 Å². The van der Waals surface area contributed by atoms with Crippen molar-refractivity contribution in [2.45, 2.75) is 45.8 Å². The summed E-state index contributed by atoms with van der Waals surface area (Å²) in [5, 5.41) is 0. The first-order chi connectivity index (χ1) is 6.17. The van der Waals surface area contributed by atoms with Gasteiger partial charge in [0.05, 0.1) is 0 Å². The molecule has 0 aromatic carbocycles. The van der Waals surface area contributed by atoms with E-state index in [-0.39, 0.29) is 18.9 Å². The SMILES string of the molecule is [CH-]=C/C(=C/C)O[Si](CC)(CC)CC.[Li+]. The van der Waals surface area contributed by atoms with Gasteiger partial charge in [-0.05, 0) is 18.1 Å². The van der Waals surface area contributed by atoms with Gasteiger partial charge in [-0.3, -0.25) is 6.58 Å². The molecule has 0 unspecified atom stereocenters. The van der Waals surface area contributed by atoms with Crippen LogP contribution in [0.15, 0.2) is 17.9 Å². The molecule has 0 radical (unpaired) electrons. The molecule has 0 saturated heterocycles. The van der Waals surface area contributed by atoms with E-state index in [4.69, 9.17) is 11.0 Å². The summed E-state index contributed by atoms with van der Waals surface area (Å²) >= 11 is 0. The molecular formula is C11H21LiOSi. The quantitative estimate of drug-likeness (QED) is 0.270. The van der Waals surface area contributed by atoms with Crippen LogP contribution in [0.5, 0.6) is 0 Å². The Bertz CT molecular complexity index is 177. The molecule has 1 nitrogen and oxygen atoms in total. The molecule has 0 aliphatic carbocycles. The summed E-state index contributed by atoms with van der Waals surface area (Å²) in [4.78, 5) is 0. The summed E-state index contributed by atoms with van der Waals surface area (Å²) in [6.07, 6.45) is 3.49. The molecular weight excluding hydrogens is 183 g/mol. The standard InChI is InChI=1S/C11H21OSi.Li/c1-6-11(7-2)12-13(8-3,9-4)10-5;/h1,6-7H,8-10H2,2-5H3;/q-1;+1/b11-7-;. The van der Waals surface area contributed by atoms with Gasteiger partial charge in [0.1, 0.15) is 0 Å². The smallest absolute Gasteiger partial charge is 0.631 e. The minimum atomic E-state index is -1.50. The van der Waals surface area contributed by atoms with Crippen LogP contribution in [0.4, 0.5) is 0 Å². The van der Waals surface area contributed by atoms with Crippen LogP contribution in [0.3, 0.4) is 0 Å². The first-order valence-electron chi connectivity index (χ1n) is 5.08. The minimum Gasteiger partial charge on any atom is -0.631 e. The van der Waals surface area contributed by atoms with Crippen LogP contribution in [-0.4, -0.2) is 8.32 Å². The summed E-state index contributed by atoms with van der Waals surface area (Å²) < 4.78 is 6.00. The van der Waals surface area contributed by atoms with Crippen LogP contribution in [0, 0.1) is 6.58 Å². The molecule has 0 aromatic rings. The Balaban J connectivity index is 0. The molecule has 0 aliphatic rings. The van der Waals surface area contributed by atoms with Crippen molar-refractivity contribution in [2.75, 3.05) is 0 Å². The molecule has 0 saturated carbocycles. The number of rotatable bonds is 6. The van der Waals surface area contributed by atoms with Crippen molar-refractivity contribution in [2.24, 2.45) is 0 Å². The van der Waals surface area contributed by atoms with Crippen LogP contribution in [0.2, 0.25) is 18.1 Å². The Labute approximate surface area is 102 Å². The Morgan fingerprint density at radius 2 is 1.64 bits per heavy atom. The van der Waals surface area contributed by atoms with E-state index in [9.17, 15) is 0 Å². The summed E-state index contributed by atoms with van der Waals surface area (Å²) in [5.41, 5.74) is 0. The third-order valence-corrected chi connectivity index (χ3v) is 7.25. The van der Waals surface area contributed by atoms with Crippen molar-refractivity contribution in [3.8, 4) is 0 Å². The van der Waals surface area contributed by atoms with Gasteiger partial charge in [-0.25, -0.2) is 6.08 Å². The van der Waals surface area contributed by atoms with Gasteiger partial charge >= 0.3 is 18.9 Å². The van der Waals surface area contributed by atoms with Crippen molar-refractivity contribution < 1.29 is 23.3 Å². The summed E-state index contributed by atoms with van der Waals surface area (Å²) in [7, 11) is -1.50. The first-order valence-corrected chi connectivity index (χ1v) is 7.61. The van der Waals surface area contributed by atoms with Crippen molar-refractivity contribution in [1.29, 1.82) is 0 Å². The van der Waals surface area contributed by atoms with Gasteiger partial charge in [0.2, 0.25) is 8.32 Å². The van der Waals surface area contributed by atoms with Crippen molar-refractivity contribution >= 4 is 8.32 Å². The molecule has 3 heteroatoms. The molecule has 14 heavy (non-hydrogen) atoms. The molecule has 0 fully saturated rings. The average Bonchev–Trinajstić information content (AvgIpc) is 2.21. The topological polar surface area (TPSA) is 9.23 Å². The maximum atomic E-state index is 6.00. The van der Waals surface area contributed by atoms with Gasteiger partial charge in [-0.1, -0.05) is 33.5 Å². The van der Waals surface area contributed by atoms with Crippen molar-refractivity contribution in [3.05, 3.63) is 24.5 Å². The average molecular weight is 204 g/mol. The fourth-order valence-electron chi connectivity index (χ4n) is 1.41. The Kier molecular flexibility index (Phi) is 9.92. The van der Waals surface area contributed by atoms with E-state index in [1.54, 1.807) is 6.08 Å². The molecule has 0 amide bonds. The van der Waals surface area contributed by atoms with Crippen LogP contribution < -0.4 is 18.9 Å². The molecule has 0 N–H and O–H groups in total. The zero-order chi connectivity index (χ0) is 10.3. The summed E-state index contributed by atoms with van der Waals surface area (Å²) in [6.45, 7) is 14.0. The zero-order valence-corrected chi connectivity index (χ0v) is 11.3. The number of hydrogen-bond acceptors (Lipinski definition) is 1. The normalized spacial score (nSPS) is 11.9. The number of hydrogen-bond donors (Lipinski definition) is 0. The predicted molar refractivity (Wildman–Crippen MR) is 60.9 cm³/mol. The largest absolute Gasteiger partial charge is 1.00 e. The van der Waals surface area contributed by atoms with E-state index in [0.717, 1.165) is 23.9 Å². The molecule has 0 aliphatic heterocycles. The van der Waals surface area contributed by atoms with E-state index in [1.807, 2.05) is 13.0 Å². The first kappa shape index (κ1) is 16.5. The summed E-state index contributed by atoms with van der Waals surface area (Å²) in [5.74, 6) is 0.845. The number of allylic oxidation sites excluding steroid dienone is 2. The fraction of sp³-hybridized carbons (Fsp3) is 0.636. The van der Waals surface area contributed by atoms with Crippen LogP contribution in [-0.2, 0) is 4.43 Å². The third-order valence-electron chi connectivity index (χ3n) is 2.72. The maximum absolute atomic E-state index is 6.00. The van der Waals surface area contributed by atoms with E-state index in [1.165, 1.54) is 0 Å². The Morgan fingerprint density at radius 3 is 1.86 bits per heavy atom. The second-order valence-electron chi connectivity index (χ2n) is 3.20. The second kappa shape index (κ2) is 8.41. The van der Waals surface area contributed by atoms with Gasteiger partial charge in [0.15, 0.2) is 0 Å². The van der Waals surface area contributed by atoms with Gasteiger partial charge < -0.3 is 4.43 Å². The Hall–Kier alpha value is 0.0943. The molecule has 0 aromatic heterocycles. The second-order valence-corrected chi connectivity index (χ2v) is 7.89. The monoisotopic (exact) mass is 204 g/mol.